The van der Waals surface area contributed by atoms with E-state index in [1.807, 2.05) is 54.6 Å². The summed E-state index contributed by atoms with van der Waals surface area (Å²) in [5, 5.41) is 18.5. The van der Waals surface area contributed by atoms with Crippen LogP contribution >= 0.6 is 0 Å². The first-order valence-corrected chi connectivity index (χ1v) is 18.0. The molecular weight excluding hydrogens is 665 g/mol. The molecule has 0 aliphatic carbocycles. The molecule has 12 aromatic rings. The fourth-order valence-corrected chi connectivity index (χ4v) is 8.45. The lowest BCUT2D eigenvalue weighted by Crippen LogP contribution is -1.93. The first kappa shape index (κ1) is 29.1. The second-order valence-electron chi connectivity index (χ2n) is 14.0. The van der Waals surface area contributed by atoms with Crippen molar-refractivity contribution in [2.24, 2.45) is 0 Å². The van der Waals surface area contributed by atoms with E-state index in [1.165, 1.54) is 0 Å². The third kappa shape index (κ3) is 4.14. The molecule has 5 heteroatoms. The van der Waals surface area contributed by atoms with E-state index >= 15 is 0 Å². The van der Waals surface area contributed by atoms with Gasteiger partial charge >= 0.3 is 0 Å². The lowest BCUT2D eigenvalue weighted by atomic mass is 9.98. The van der Waals surface area contributed by atoms with Gasteiger partial charge in [-0.05, 0) is 119 Å². The standard InChI is InChI=1S/C49H26N2O3/c50-27-28-9-15-42-36(21-28)37-22-29(10-16-43(37)51(42)33-14-20-49-41(26-33)35-6-2-4-8-45(35)53-49)31-12-18-47-39(24-31)40-25-32(13-19-48(40)54-47)30-11-17-46-38(23-30)34-5-1-3-7-44(34)52-46/h1-26H. The summed E-state index contributed by atoms with van der Waals surface area (Å²) >= 11 is 0. The van der Waals surface area contributed by atoms with Gasteiger partial charge in [0.05, 0.1) is 22.7 Å². The number of nitrogens with zero attached hydrogens (tertiary/aromatic N) is 2. The molecule has 0 aliphatic rings. The maximum atomic E-state index is 9.88. The van der Waals surface area contributed by atoms with Crippen molar-refractivity contribution >= 4 is 87.6 Å². The molecule has 4 aromatic heterocycles. The largest absolute Gasteiger partial charge is 0.456 e. The van der Waals surface area contributed by atoms with E-state index in [2.05, 4.69) is 114 Å². The smallest absolute Gasteiger partial charge is 0.135 e. The predicted molar refractivity (Wildman–Crippen MR) is 218 cm³/mol. The van der Waals surface area contributed by atoms with E-state index < -0.39 is 0 Å². The second kappa shape index (κ2) is 10.7. The van der Waals surface area contributed by atoms with Gasteiger partial charge in [0, 0.05) is 48.8 Å². The lowest BCUT2D eigenvalue weighted by molar-refractivity contribution is 0.668. The zero-order valence-electron chi connectivity index (χ0n) is 28.6. The number of fused-ring (bicyclic) bond motifs is 12. The Labute approximate surface area is 307 Å². The van der Waals surface area contributed by atoms with Crippen molar-refractivity contribution in [1.29, 1.82) is 5.26 Å². The normalized spacial score (nSPS) is 12.1. The summed E-state index contributed by atoms with van der Waals surface area (Å²) in [6, 6.07) is 56.9. The van der Waals surface area contributed by atoms with E-state index in [0.717, 1.165) is 116 Å². The summed E-state index contributed by atoms with van der Waals surface area (Å²) in [7, 11) is 0. The first-order chi connectivity index (χ1) is 26.7. The summed E-state index contributed by atoms with van der Waals surface area (Å²) in [6.07, 6.45) is 0. The molecule has 250 valence electrons. The van der Waals surface area contributed by atoms with Gasteiger partial charge in [0.15, 0.2) is 0 Å². The molecule has 54 heavy (non-hydrogen) atoms. The van der Waals surface area contributed by atoms with Crippen LogP contribution < -0.4 is 0 Å². The van der Waals surface area contributed by atoms with Gasteiger partial charge < -0.3 is 17.8 Å². The van der Waals surface area contributed by atoms with Crippen LogP contribution in [0.15, 0.2) is 171 Å². The summed E-state index contributed by atoms with van der Waals surface area (Å²) in [5.41, 5.74) is 13.4. The third-order valence-electron chi connectivity index (χ3n) is 11.0. The summed E-state index contributed by atoms with van der Waals surface area (Å²) in [4.78, 5) is 0. The van der Waals surface area contributed by atoms with Crippen LogP contribution in [0.5, 0.6) is 0 Å². The van der Waals surface area contributed by atoms with Gasteiger partial charge in [-0.25, -0.2) is 0 Å². The van der Waals surface area contributed by atoms with E-state index in [1.54, 1.807) is 0 Å². The number of aromatic nitrogens is 1. The van der Waals surface area contributed by atoms with Crippen LogP contribution in [0.4, 0.5) is 0 Å². The molecule has 0 unspecified atom stereocenters. The maximum Gasteiger partial charge on any atom is 0.135 e. The average molecular weight is 691 g/mol. The Kier molecular flexibility index (Phi) is 5.78. The molecule has 8 aromatic carbocycles. The van der Waals surface area contributed by atoms with Crippen molar-refractivity contribution in [1.82, 2.24) is 4.57 Å². The summed E-state index contributed by atoms with van der Waals surface area (Å²) in [6.45, 7) is 0. The number of para-hydroxylation sites is 2. The van der Waals surface area contributed by atoms with Gasteiger partial charge in [-0.2, -0.15) is 5.26 Å². The third-order valence-corrected chi connectivity index (χ3v) is 11.0. The van der Waals surface area contributed by atoms with E-state index in [4.69, 9.17) is 13.3 Å². The summed E-state index contributed by atoms with van der Waals surface area (Å²) in [5.74, 6) is 0. The molecule has 0 saturated heterocycles. The number of rotatable bonds is 3. The first-order valence-electron chi connectivity index (χ1n) is 18.0. The monoisotopic (exact) mass is 690 g/mol. The van der Waals surface area contributed by atoms with Gasteiger partial charge in [-0.15, -0.1) is 0 Å². The summed E-state index contributed by atoms with van der Waals surface area (Å²) < 4.78 is 20.9. The molecule has 0 aliphatic heterocycles. The van der Waals surface area contributed by atoms with Gasteiger partial charge in [0.25, 0.3) is 0 Å². The molecule has 0 saturated carbocycles. The quantitative estimate of drug-likeness (QED) is 0.185. The highest BCUT2D eigenvalue weighted by Gasteiger charge is 2.17. The zero-order chi connectivity index (χ0) is 35.5. The Morgan fingerprint density at radius 1 is 0.352 bits per heavy atom. The maximum absolute atomic E-state index is 9.88. The zero-order valence-corrected chi connectivity index (χ0v) is 28.6. The molecule has 0 spiro atoms. The highest BCUT2D eigenvalue weighted by molar-refractivity contribution is 6.13. The van der Waals surface area contributed by atoms with Gasteiger partial charge in [-0.1, -0.05) is 60.7 Å². The van der Waals surface area contributed by atoms with Crippen molar-refractivity contribution in [3.05, 3.63) is 163 Å². The van der Waals surface area contributed by atoms with Crippen molar-refractivity contribution in [3.63, 3.8) is 0 Å². The number of hydrogen-bond acceptors (Lipinski definition) is 4. The molecule has 0 atom stereocenters. The SMILES string of the molecule is N#Cc1ccc2c(c1)c1cc(-c3ccc4oc5ccc(-c6ccc7oc8ccccc8c7c6)cc5c4c3)ccc1n2-c1ccc2oc3ccccc3c2c1. The molecule has 4 heterocycles. The Hall–Kier alpha value is -7.55. The average Bonchev–Trinajstić information content (AvgIpc) is 3.98. The minimum absolute atomic E-state index is 0.630. The molecule has 0 N–H and O–H groups in total. The van der Waals surface area contributed by atoms with Crippen LogP contribution in [0.2, 0.25) is 0 Å². The van der Waals surface area contributed by atoms with Gasteiger partial charge in [0.2, 0.25) is 0 Å². The van der Waals surface area contributed by atoms with E-state index in [-0.39, 0.29) is 0 Å². The Bertz CT molecular complexity index is 3590. The van der Waals surface area contributed by atoms with Crippen LogP contribution in [-0.2, 0) is 0 Å². The predicted octanol–water partition coefficient (Wildman–Crippen LogP) is 13.7. The number of hydrogen-bond donors (Lipinski definition) is 0. The highest BCUT2D eigenvalue weighted by Crippen LogP contribution is 2.40. The van der Waals surface area contributed by atoms with Crippen LogP contribution in [0.1, 0.15) is 5.56 Å². The minimum atomic E-state index is 0.630. The van der Waals surface area contributed by atoms with Crippen LogP contribution in [0, 0.1) is 11.3 Å². The van der Waals surface area contributed by atoms with Crippen molar-refractivity contribution in [2.45, 2.75) is 0 Å². The molecule has 5 nitrogen and oxygen atoms in total. The van der Waals surface area contributed by atoms with Crippen molar-refractivity contribution in [2.75, 3.05) is 0 Å². The van der Waals surface area contributed by atoms with Gasteiger partial charge in [0.1, 0.15) is 33.5 Å². The Morgan fingerprint density at radius 2 is 0.759 bits per heavy atom. The number of benzene rings is 8. The van der Waals surface area contributed by atoms with Crippen LogP contribution in [-0.4, -0.2) is 4.57 Å². The minimum Gasteiger partial charge on any atom is -0.456 e. The molecular formula is C49H26N2O3. The second-order valence-corrected chi connectivity index (χ2v) is 14.0. The lowest BCUT2D eigenvalue weighted by Gasteiger charge is -2.09. The van der Waals surface area contributed by atoms with Crippen LogP contribution in [0.25, 0.3) is 116 Å². The van der Waals surface area contributed by atoms with Crippen molar-refractivity contribution in [3.8, 4) is 34.0 Å². The molecule has 0 bridgehead atoms. The van der Waals surface area contributed by atoms with Gasteiger partial charge in [-0.3, -0.25) is 0 Å². The Morgan fingerprint density at radius 3 is 1.31 bits per heavy atom. The van der Waals surface area contributed by atoms with Crippen molar-refractivity contribution < 1.29 is 13.3 Å². The Balaban J connectivity index is 1.01. The molecule has 12 rings (SSSR count). The molecule has 0 amide bonds. The molecule has 0 fully saturated rings. The van der Waals surface area contributed by atoms with Crippen LogP contribution in [0.3, 0.4) is 0 Å². The highest BCUT2D eigenvalue weighted by atomic mass is 16.3. The number of nitriles is 1. The van der Waals surface area contributed by atoms with E-state index in [0.29, 0.717) is 5.56 Å². The van der Waals surface area contributed by atoms with E-state index in [9.17, 15) is 5.26 Å². The number of furan rings is 3. The fourth-order valence-electron chi connectivity index (χ4n) is 8.45. The topological polar surface area (TPSA) is 68.1 Å². The molecule has 0 radical (unpaired) electrons. The fraction of sp³-hybridized carbons (Fsp3) is 0.